The summed E-state index contributed by atoms with van der Waals surface area (Å²) in [7, 11) is 1.94. The molecule has 0 aliphatic carbocycles. The second-order valence-corrected chi connectivity index (χ2v) is 6.05. The first-order valence-electron chi connectivity index (χ1n) is 6.48. The van der Waals surface area contributed by atoms with E-state index in [2.05, 4.69) is 5.32 Å². The Kier molecular flexibility index (Phi) is 5.89. The highest BCUT2D eigenvalue weighted by Crippen LogP contribution is 2.22. The van der Waals surface area contributed by atoms with Crippen LogP contribution in [0.5, 0.6) is 0 Å². The minimum Gasteiger partial charge on any atom is -0.316 e. The molecule has 2 aromatic rings. The van der Waals surface area contributed by atoms with E-state index in [1.165, 1.54) is 6.07 Å². The summed E-state index contributed by atoms with van der Waals surface area (Å²) in [4.78, 5) is 0.949. The van der Waals surface area contributed by atoms with Crippen molar-refractivity contribution < 1.29 is 4.39 Å². The molecule has 0 saturated heterocycles. The highest BCUT2D eigenvalue weighted by molar-refractivity contribution is 7.99. The summed E-state index contributed by atoms with van der Waals surface area (Å²) in [5.41, 5.74) is 1.13. The zero-order chi connectivity index (χ0) is 14.4. The van der Waals surface area contributed by atoms with Gasteiger partial charge in [-0.25, -0.2) is 4.39 Å². The van der Waals surface area contributed by atoms with Gasteiger partial charge in [-0.3, -0.25) is 0 Å². The second kappa shape index (κ2) is 7.67. The number of nitrogens with one attached hydrogen (secondary N) is 1. The fourth-order valence-corrected chi connectivity index (χ4v) is 3.19. The van der Waals surface area contributed by atoms with E-state index in [9.17, 15) is 4.39 Å². The van der Waals surface area contributed by atoms with Crippen molar-refractivity contribution in [2.45, 2.75) is 17.4 Å². The molecular formula is C16H17ClFNS. The summed E-state index contributed by atoms with van der Waals surface area (Å²) < 4.78 is 13.1. The van der Waals surface area contributed by atoms with E-state index in [0.29, 0.717) is 6.04 Å². The average Bonchev–Trinajstić information content (AvgIpc) is 2.45. The van der Waals surface area contributed by atoms with Gasteiger partial charge in [0, 0.05) is 21.7 Å². The largest absolute Gasteiger partial charge is 0.316 e. The lowest BCUT2D eigenvalue weighted by atomic mass is 10.1. The predicted octanol–water partition coefficient (Wildman–Crippen LogP) is 4.40. The van der Waals surface area contributed by atoms with Crippen LogP contribution in [0.15, 0.2) is 53.4 Å². The first-order valence-corrected chi connectivity index (χ1v) is 7.84. The fraction of sp³-hybridized carbons (Fsp3) is 0.250. The topological polar surface area (TPSA) is 12.0 Å². The SMILES string of the molecule is CNC(CSc1cccc(F)c1)Cc1ccccc1Cl. The van der Waals surface area contributed by atoms with E-state index >= 15 is 0 Å². The third kappa shape index (κ3) is 4.51. The summed E-state index contributed by atoms with van der Waals surface area (Å²) in [6.45, 7) is 0. The number of thioether (sulfide) groups is 1. The first kappa shape index (κ1) is 15.4. The Balaban J connectivity index is 1.94. The molecule has 2 rings (SSSR count). The van der Waals surface area contributed by atoms with Crippen LogP contribution in [0.2, 0.25) is 5.02 Å². The molecule has 1 atom stereocenters. The molecule has 1 nitrogen and oxygen atoms in total. The Bertz CT molecular complexity index is 562. The molecule has 0 fully saturated rings. The van der Waals surface area contributed by atoms with Crippen LogP contribution in [-0.4, -0.2) is 18.8 Å². The van der Waals surface area contributed by atoms with Gasteiger partial charge in [0.1, 0.15) is 5.82 Å². The quantitative estimate of drug-likeness (QED) is 0.794. The highest BCUT2D eigenvalue weighted by atomic mass is 35.5. The van der Waals surface area contributed by atoms with E-state index in [4.69, 9.17) is 11.6 Å². The maximum Gasteiger partial charge on any atom is 0.124 e. The smallest absolute Gasteiger partial charge is 0.124 e. The highest BCUT2D eigenvalue weighted by Gasteiger charge is 2.10. The van der Waals surface area contributed by atoms with Crippen LogP contribution in [0.1, 0.15) is 5.56 Å². The molecule has 0 heterocycles. The zero-order valence-electron chi connectivity index (χ0n) is 11.3. The number of rotatable bonds is 6. The number of benzene rings is 2. The third-order valence-electron chi connectivity index (χ3n) is 3.08. The van der Waals surface area contributed by atoms with Crippen LogP contribution in [0.4, 0.5) is 4.39 Å². The van der Waals surface area contributed by atoms with Crippen molar-refractivity contribution in [3.63, 3.8) is 0 Å². The first-order chi connectivity index (χ1) is 9.69. The van der Waals surface area contributed by atoms with Gasteiger partial charge in [-0.15, -0.1) is 11.8 Å². The minimum atomic E-state index is -0.192. The molecule has 0 bridgehead atoms. The summed E-state index contributed by atoms with van der Waals surface area (Å²) in [5, 5.41) is 4.08. The van der Waals surface area contributed by atoms with E-state index in [1.54, 1.807) is 23.9 Å². The zero-order valence-corrected chi connectivity index (χ0v) is 12.8. The van der Waals surface area contributed by atoms with Crippen LogP contribution in [-0.2, 0) is 6.42 Å². The molecule has 1 N–H and O–H groups in total. The molecule has 0 saturated carbocycles. The van der Waals surface area contributed by atoms with E-state index < -0.39 is 0 Å². The monoisotopic (exact) mass is 309 g/mol. The molecule has 4 heteroatoms. The van der Waals surface area contributed by atoms with E-state index in [-0.39, 0.29) is 5.82 Å². The summed E-state index contributed by atoms with van der Waals surface area (Å²) in [6.07, 6.45) is 0.860. The van der Waals surface area contributed by atoms with Crippen molar-refractivity contribution in [2.75, 3.05) is 12.8 Å². The Morgan fingerprint density at radius 2 is 2.00 bits per heavy atom. The molecule has 0 amide bonds. The number of likely N-dealkylation sites (N-methyl/N-ethyl adjacent to an activating group) is 1. The van der Waals surface area contributed by atoms with Gasteiger partial charge in [0.25, 0.3) is 0 Å². The molecule has 0 radical (unpaired) electrons. The molecular weight excluding hydrogens is 293 g/mol. The van der Waals surface area contributed by atoms with Gasteiger partial charge in [0.15, 0.2) is 0 Å². The van der Waals surface area contributed by atoms with Gasteiger partial charge in [0.2, 0.25) is 0 Å². The van der Waals surface area contributed by atoms with Gasteiger partial charge in [-0.1, -0.05) is 35.9 Å². The van der Waals surface area contributed by atoms with Crippen molar-refractivity contribution in [3.05, 3.63) is 64.9 Å². The second-order valence-electron chi connectivity index (χ2n) is 4.55. The molecule has 106 valence electrons. The molecule has 0 aliphatic heterocycles. The van der Waals surface area contributed by atoms with Crippen molar-refractivity contribution >= 4 is 23.4 Å². The van der Waals surface area contributed by atoms with E-state index in [1.807, 2.05) is 37.4 Å². The standard InChI is InChI=1S/C16H17ClFNS/c1-19-14(9-12-5-2-3-8-16(12)17)11-20-15-7-4-6-13(18)10-15/h2-8,10,14,19H,9,11H2,1H3. The lowest BCUT2D eigenvalue weighted by Crippen LogP contribution is -2.30. The lowest BCUT2D eigenvalue weighted by molar-refractivity contribution is 0.615. The van der Waals surface area contributed by atoms with Crippen molar-refractivity contribution in [2.24, 2.45) is 0 Å². The van der Waals surface area contributed by atoms with Crippen molar-refractivity contribution in [1.82, 2.24) is 5.32 Å². The maximum atomic E-state index is 13.1. The minimum absolute atomic E-state index is 0.192. The number of hydrogen-bond acceptors (Lipinski definition) is 2. The molecule has 1 unspecified atom stereocenters. The van der Waals surface area contributed by atoms with Gasteiger partial charge in [-0.05, 0) is 43.3 Å². The summed E-state index contributed by atoms with van der Waals surface area (Å²) in [6, 6.07) is 14.9. The van der Waals surface area contributed by atoms with Gasteiger partial charge >= 0.3 is 0 Å². The number of hydrogen-bond donors (Lipinski definition) is 1. The average molecular weight is 310 g/mol. The maximum absolute atomic E-state index is 13.1. The van der Waals surface area contributed by atoms with Gasteiger partial charge in [-0.2, -0.15) is 0 Å². The Hall–Kier alpha value is -1.03. The van der Waals surface area contributed by atoms with Crippen LogP contribution in [0.3, 0.4) is 0 Å². The van der Waals surface area contributed by atoms with Gasteiger partial charge in [0.05, 0.1) is 0 Å². The van der Waals surface area contributed by atoms with Crippen LogP contribution < -0.4 is 5.32 Å². The predicted molar refractivity (Wildman–Crippen MR) is 85.1 cm³/mol. The third-order valence-corrected chi connectivity index (χ3v) is 4.60. The molecule has 2 aromatic carbocycles. The summed E-state index contributed by atoms with van der Waals surface area (Å²) >= 11 is 7.83. The van der Waals surface area contributed by atoms with Crippen molar-refractivity contribution in [1.29, 1.82) is 0 Å². The Labute approximate surface area is 128 Å². The number of halogens is 2. The lowest BCUT2D eigenvalue weighted by Gasteiger charge is -2.16. The van der Waals surface area contributed by atoms with Crippen LogP contribution in [0, 0.1) is 5.82 Å². The Morgan fingerprint density at radius 3 is 2.70 bits per heavy atom. The van der Waals surface area contributed by atoms with Crippen LogP contribution >= 0.6 is 23.4 Å². The normalized spacial score (nSPS) is 12.3. The van der Waals surface area contributed by atoms with Crippen LogP contribution in [0.25, 0.3) is 0 Å². The fourth-order valence-electron chi connectivity index (χ4n) is 1.93. The van der Waals surface area contributed by atoms with E-state index in [0.717, 1.165) is 27.7 Å². The summed E-state index contributed by atoms with van der Waals surface area (Å²) in [5.74, 6) is 0.674. The Morgan fingerprint density at radius 1 is 1.20 bits per heavy atom. The van der Waals surface area contributed by atoms with Gasteiger partial charge < -0.3 is 5.32 Å². The van der Waals surface area contributed by atoms with Crippen molar-refractivity contribution in [3.8, 4) is 0 Å². The molecule has 0 aliphatic rings. The molecule has 0 aromatic heterocycles. The molecule has 20 heavy (non-hydrogen) atoms. The molecule has 0 spiro atoms.